The predicted octanol–water partition coefficient (Wildman–Crippen LogP) is 4.78. The zero-order chi connectivity index (χ0) is 18.5. The van der Waals surface area contributed by atoms with Crippen molar-refractivity contribution in [2.75, 3.05) is 6.07 Å². The van der Waals surface area contributed by atoms with E-state index < -0.39 is 29.1 Å². The highest BCUT2D eigenvalue weighted by atomic mass is 79.9. The second kappa shape index (κ2) is 8.21. The van der Waals surface area contributed by atoms with Gasteiger partial charge in [0.2, 0.25) is 0 Å². The van der Waals surface area contributed by atoms with Crippen LogP contribution in [0.5, 0.6) is 0 Å². The Bertz CT molecular complexity index is 581. The Hall–Kier alpha value is -1.27. The van der Waals surface area contributed by atoms with Gasteiger partial charge in [-0.2, -0.15) is 0 Å². The van der Waals surface area contributed by atoms with Crippen LogP contribution in [0.25, 0.3) is 0 Å². The summed E-state index contributed by atoms with van der Waals surface area (Å²) in [7, 11) is 0. The maximum atomic E-state index is 12.3. The van der Waals surface area contributed by atoms with Crippen LogP contribution in [0.3, 0.4) is 0 Å². The number of benzene rings is 1. The van der Waals surface area contributed by atoms with Crippen LogP contribution in [-0.4, -0.2) is 23.7 Å². The first-order chi connectivity index (χ1) is 11.0. The van der Waals surface area contributed by atoms with Gasteiger partial charge in [-0.3, -0.25) is 4.79 Å². The molecule has 0 saturated carbocycles. The number of ether oxygens (including phenoxy) is 2. The molecule has 1 amide bonds. The number of hydrogen-bond acceptors (Lipinski definition) is 4. The number of alkyl halides is 1. The van der Waals surface area contributed by atoms with Gasteiger partial charge in [0.15, 0.2) is 6.07 Å². The molecule has 0 heterocycles. The number of carbonyl (C=O) groups is 2. The number of nitrogens with one attached hydrogen (secondary N) is 1. The van der Waals surface area contributed by atoms with Gasteiger partial charge in [0.05, 0.1) is 11.5 Å². The molecular weight excluding hydrogens is 398 g/mol. The molecule has 0 aliphatic heterocycles. The highest BCUT2D eigenvalue weighted by Crippen LogP contribution is 2.35. The number of esters is 1. The topological polar surface area (TPSA) is 64.6 Å². The summed E-state index contributed by atoms with van der Waals surface area (Å²) in [6.07, 6.45) is -0.609. The fraction of sp³-hybridized carbons (Fsp3) is 0.529. The molecule has 1 rings (SSSR count). The summed E-state index contributed by atoms with van der Waals surface area (Å²) >= 11 is 8.87. The molecule has 1 aromatic rings. The summed E-state index contributed by atoms with van der Waals surface area (Å²) in [6.45, 7) is 8.69. The Labute approximate surface area is 156 Å². The van der Waals surface area contributed by atoms with Crippen molar-refractivity contribution in [2.45, 2.75) is 46.3 Å². The molecule has 7 heteroatoms. The zero-order valence-electron chi connectivity index (χ0n) is 14.5. The third-order valence-electron chi connectivity index (χ3n) is 3.30. The summed E-state index contributed by atoms with van der Waals surface area (Å²) in [5.41, 5.74) is -0.935. The van der Waals surface area contributed by atoms with Crippen LogP contribution in [0.2, 0.25) is 0 Å². The van der Waals surface area contributed by atoms with Crippen LogP contribution in [0.1, 0.15) is 46.2 Å². The van der Waals surface area contributed by atoms with E-state index in [0.717, 1.165) is 10.0 Å². The Kier molecular flexibility index (Phi) is 7.10. The standard InChI is InChI=1S/C17H23BrClNO4/c1-16(2,3)24-15(22)20-13(11-6-8-12(18)9-7-11)17(4,5)14(21)23-10-19/h6-9,13H,10H2,1-5H3,(H,20,22). The lowest BCUT2D eigenvalue weighted by molar-refractivity contribution is -0.153. The van der Waals surface area contributed by atoms with Crippen molar-refractivity contribution >= 4 is 39.6 Å². The molecule has 0 fully saturated rings. The number of rotatable bonds is 5. The van der Waals surface area contributed by atoms with E-state index in [1.807, 2.05) is 24.3 Å². The lowest BCUT2D eigenvalue weighted by Gasteiger charge is -2.33. The summed E-state index contributed by atoms with van der Waals surface area (Å²) in [4.78, 5) is 24.5. The Morgan fingerprint density at radius 3 is 2.17 bits per heavy atom. The van der Waals surface area contributed by atoms with Gasteiger partial charge in [-0.05, 0) is 52.3 Å². The highest BCUT2D eigenvalue weighted by molar-refractivity contribution is 9.10. The molecule has 0 spiro atoms. The average Bonchev–Trinajstić information content (AvgIpc) is 2.44. The number of alkyl carbamates (subject to hydrolysis) is 1. The normalized spacial score (nSPS) is 13.1. The largest absolute Gasteiger partial charge is 0.449 e. The lowest BCUT2D eigenvalue weighted by atomic mass is 9.80. The van der Waals surface area contributed by atoms with E-state index >= 15 is 0 Å². The van der Waals surface area contributed by atoms with E-state index in [2.05, 4.69) is 21.2 Å². The fourth-order valence-electron chi connectivity index (χ4n) is 2.11. The minimum absolute atomic E-state index is 0.248. The van der Waals surface area contributed by atoms with Crippen molar-refractivity contribution in [1.29, 1.82) is 0 Å². The van der Waals surface area contributed by atoms with E-state index in [1.54, 1.807) is 34.6 Å². The molecule has 0 bridgehead atoms. The second-order valence-corrected chi connectivity index (χ2v) is 8.03. The predicted molar refractivity (Wildman–Crippen MR) is 96.8 cm³/mol. The van der Waals surface area contributed by atoms with Crippen LogP contribution in [0.15, 0.2) is 28.7 Å². The van der Waals surface area contributed by atoms with Crippen molar-refractivity contribution in [3.63, 3.8) is 0 Å². The third kappa shape index (κ3) is 5.98. The van der Waals surface area contributed by atoms with Gasteiger partial charge in [-0.1, -0.05) is 39.7 Å². The SMILES string of the molecule is CC(C)(C)OC(=O)NC(c1ccc(Br)cc1)C(C)(C)C(=O)OCCl. The first-order valence-electron chi connectivity index (χ1n) is 7.45. The van der Waals surface area contributed by atoms with Crippen LogP contribution in [0, 0.1) is 5.41 Å². The van der Waals surface area contributed by atoms with Crippen molar-refractivity contribution in [3.05, 3.63) is 34.3 Å². The van der Waals surface area contributed by atoms with E-state index in [0.29, 0.717) is 0 Å². The van der Waals surface area contributed by atoms with Crippen LogP contribution >= 0.6 is 27.5 Å². The first-order valence-corrected chi connectivity index (χ1v) is 8.78. The van der Waals surface area contributed by atoms with Crippen LogP contribution in [0.4, 0.5) is 4.79 Å². The van der Waals surface area contributed by atoms with Gasteiger partial charge >= 0.3 is 12.1 Å². The number of hydrogen-bond donors (Lipinski definition) is 1. The van der Waals surface area contributed by atoms with E-state index in [1.165, 1.54) is 0 Å². The fourth-order valence-corrected chi connectivity index (χ4v) is 2.48. The summed E-state index contributed by atoms with van der Waals surface area (Å²) in [5.74, 6) is -0.513. The summed E-state index contributed by atoms with van der Waals surface area (Å²) in [6, 6.07) is 6.42. The molecule has 1 N–H and O–H groups in total. The van der Waals surface area contributed by atoms with Gasteiger partial charge in [0.25, 0.3) is 0 Å². The number of halogens is 2. The van der Waals surface area contributed by atoms with Gasteiger partial charge in [-0.15, -0.1) is 0 Å². The lowest BCUT2D eigenvalue weighted by Crippen LogP contribution is -2.44. The second-order valence-electron chi connectivity index (χ2n) is 6.89. The van der Waals surface area contributed by atoms with E-state index in [9.17, 15) is 9.59 Å². The number of amides is 1. The minimum Gasteiger partial charge on any atom is -0.449 e. The monoisotopic (exact) mass is 419 g/mol. The molecule has 134 valence electrons. The van der Waals surface area contributed by atoms with Crippen LogP contribution in [-0.2, 0) is 14.3 Å². The molecule has 1 unspecified atom stereocenters. The molecular formula is C17H23BrClNO4. The smallest absolute Gasteiger partial charge is 0.408 e. The van der Waals surface area contributed by atoms with Gasteiger partial charge < -0.3 is 14.8 Å². The molecule has 5 nitrogen and oxygen atoms in total. The molecule has 1 aromatic carbocycles. The minimum atomic E-state index is -1.04. The molecule has 0 aliphatic carbocycles. The quantitative estimate of drug-likeness (QED) is 0.550. The summed E-state index contributed by atoms with van der Waals surface area (Å²) in [5, 5.41) is 2.77. The van der Waals surface area contributed by atoms with Crippen molar-refractivity contribution in [1.82, 2.24) is 5.32 Å². The van der Waals surface area contributed by atoms with Crippen molar-refractivity contribution < 1.29 is 19.1 Å². The maximum absolute atomic E-state index is 12.3. The highest BCUT2D eigenvalue weighted by Gasteiger charge is 2.41. The average molecular weight is 421 g/mol. The summed E-state index contributed by atoms with van der Waals surface area (Å²) < 4.78 is 11.1. The van der Waals surface area contributed by atoms with Crippen molar-refractivity contribution in [2.24, 2.45) is 5.41 Å². The maximum Gasteiger partial charge on any atom is 0.408 e. The number of carbonyl (C=O) groups excluding carboxylic acids is 2. The van der Waals surface area contributed by atoms with E-state index in [-0.39, 0.29) is 6.07 Å². The molecule has 1 atom stereocenters. The molecule has 0 aliphatic rings. The third-order valence-corrected chi connectivity index (χ3v) is 3.94. The Morgan fingerprint density at radius 2 is 1.71 bits per heavy atom. The molecule has 0 radical (unpaired) electrons. The first kappa shape index (κ1) is 20.8. The zero-order valence-corrected chi connectivity index (χ0v) is 16.8. The molecule has 24 heavy (non-hydrogen) atoms. The van der Waals surface area contributed by atoms with Crippen LogP contribution < -0.4 is 5.32 Å². The Morgan fingerprint density at radius 1 is 1.17 bits per heavy atom. The Balaban J connectivity index is 3.14. The van der Waals surface area contributed by atoms with E-state index in [4.69, 9.17) is 21.1 Å². The van der Waals surface area contributed by atoms with Gasteiger partial charge in [-0.25, -0.2) is 4.79 Å². The molecule has 0 aromatic heterocycles. The van der Waals surface area contributed by atoms with Gasteiger partial charge in [0.1, 0.15) is 5.60 Å². The van der Waals surface area contributed by atoms with Gasteiger partial charge in [0, 0.05) is 4.47 Å². The molecule has 0 saturated heterocycles. The van der Waals surface area contributed by atoms with Crippen molar-refractivity contribution in [3.8, 4) is 0 Å².